The number of hydrogen-bond donors (Lipinski definition) is 0. The number of carbonyl (C=O) groups excluding carboxylic acids is 1. The second kappa shape index (κ2) is 10.6. The molecule has 0 N–H and O–H groups in total. The van der Waals surface area contributed by atoms with Gasteiger partial charge in [-0.1, -0.05) is 30.3 Å². The molecule has 2 aromatic carbocycles. The Labute approximate surface area is 211 Å². The van der Waals surface area contributed by atoms with Gasteiger partial charge in [-0.15, -0.1) is 0 Å². The van der Waals surface area contributed by atoms with Crippen molar-refractivity contribution in [3.8, 4) is 11.5 Å². The van der Waals surface area contributed by atoms with Crippen LogP contribution < -0.4 is 15.0 Å². The normalized spacial score (nSPS) is 18.0. The molecule has 3 aromatic rings. The summed E-state index contributed by atoms with van der Waals surface area (Å²) in [6.45, 7) is 6.05. The van der Waals surface area contributed by atoms with Crippen molar-refractivity contribution >= 4 is 17.0 Å². The summed E-state index contributed by atoms with van der Waals surface area (Å²) >= 11 is 0. The average molecular weight is 494 g/mol. The number of amides is 1. The SMILES string of the molecule is COc1cc2ncn(Cc3ccccc3)c(=O)c2cc1O[C@H]1CC[C@H](N(C)C(=O)OC(C)(C)C)CC1. The molecule has 36 heavy (non-hydrogen) atoms. The molecular formula is C28H35N3O5. The van der Waals surface area contributed by atoms with Gasteiger partial charge < -0.3 is 19.1 Å². The van der Waals surface area contributed by atoms with Crippen LogP contribution in [0.5, 0.6) is 11.5 Å². The minimum absolute atomic E-state index is 0.0390. The van der Waals surface area contributed by atoms with Crippen LogP contribution in [-0.4, -0.2) is 52.4 Å². The minimum atomic E-state index is -0.521. The van der Waals surface area contributed by atoms with E-state index in [9.17, 15) is 9.59 Å². The monoisotopic (exact) mass is 493 g/mol. The zero-order valence-corrected chi connectivity index (χ0v) is 21.7. The topological polar surface area (TPSA) is 82.9 Å². The van der Waals surface area contributed by atoms with Crippen molar-refractivity contribution in [3.63, 3.8) is 0 Å². The highest BCUT2D eigenvalue weighted by Gasteiger charge is 2.30. The number of fused-ring (bicyclic) bond motifs is 1. The van der Waals surface area contributed by atoms with E-state index in [1.165, 1.54) is 0 Å². The maximum atomic E-state index is 13.2. The van der Waals surface area contributed by atoms with Crippen LogP contribution in [0.4, 0.5) is 4.79 Å². The molecule has 0 radical (unpaired) electrons. The summed E-state index contributed by atoms with van der Waals surface area (Å²) in [5.41, 5.74) is 0.946. The highest BCUT2D eigenvalue weighted by atomic mass is 16.6. The molecule has 1 amide bonds. The van der Waals surface area contributed by atoms with Gasteiger partial charge >= 0.3 is 6.09 Å². The smallest absolute Gasteiger partial charge is 0.410 e. The van der Waals surface area contributed by atoms with E-state index in [1.54, 1.807) is 42.1 Å². The Morgan fingerprint density at radius 3 is 2.42 bits per heavy atom. The van der Waals surface area contributed by atoms with Crippen LogP contribution in [-0.2, 0) is 11.3 Å². The van der Waals surface area contributed by atoms with E-state index in [0.717, 1.165) is 31.2 Å². The number of hydrogen-bond acceptors (Lipinski definition) is 6. The summed E-state index contributed by atoms with van der Waals surface area (Å²) in [5, 5.41) is 0.488. The number of carbonyl (C=O) groups is 1. The Morgan fingerprint density at radius 2 is 1.78 bits per heavy atom. The Bertz CT molecular complexity index is 1260. The zero-order chi connectivity index (χ0) is 25.9. The summed E-state index contributed by atoms with van der Waals surface area (Å²) in [6, 6.07) is 13.4. The summed E-state index contributed by atoms with van der Waals surface area (Å²) in [7, 11) is 3.37. The standard InChI is InChI=1S/C28H35N3O5/c1-28(2,3)36-27(33)30(4)20-11-13-21(14-12-20)35-25-15-22-23(16-24(25)34-5)29-18-31(26(22)32)17-19-9-7-6-8-10-19/h6-10,15-16,18,20-21H,11-14,17H2,1-5H3/t20-,21-. The molecule has 0 saturated heterocycles. The Hall–Kier alpha value is -3.55. The van der Waals surface area contributed by atoms with Crippen molar-refractivity contribution < 1.29 is 19.0 Å². The predicted octanol–water partition coefficient (Wildman–Crippen LogP) is 5.01. The first kappa shape index (κ1) is 25.5. The summed E-state index contributed by atoms with van der Waals surface area (Å²) in [6.07, 6.45) is 4.41. The van der Waals surface area contributed by atoms with Crippen LogP contribution in [0.15, 0.2) is 53.6 Å². The lowest BCUT2D eigenvalue weighted by molar-refractivity contribution is 0.0138. The average Bonchev–Trinajstić information content (AvgIpc) is 2.85. The third kappa shape index (κ3) is 5.98. The molecule has 0 unspecified atom stereocenters. The molecule has 4 rings (SSSR count). The summed E-state index contributed by atoms with van der Waals surface area (Å²) in [4.78, 5) is 31.8. The maximum Gasteiger partial charge on any atom is 0.410 e. The summed E-state index contributed by atoms with van der Waals surface area (Å²) in [5.74, 6) is 1.08. The fourth-order valence-electron chi connectivity index (χ4n) is 4.52. The van der Waals surface area contributed by atoms with Gasteiger partial charge in [-0.25, -0.2) is 9.78 Å². The first-order chi connectivity index (χ1) is 17.1. The molecule has 1 aliphatic rings. The van der Waals surface area contributed by atoms with E-state index >= 15 is 0 Å². The minimum Gasteiger partial charge on any atom is -0.493 e. The number of ether oxygens (including phenoxy) is 3. The molecule has 8 heteroatoms. The molecular weight excluding hydrogens is 458 g/mol. The van der Waals surface area contributed by atoms with Crippen molar-refractivity contribution in [2.24, 2.45) is 0 Å². The quantitative estimate of drug-likeness (QED) is 0.480. The molecule has 0 spiro atoms. The van der Waals surface area contributed by atoms with E-state index in [4.69, 9.17) is 14.2 Å². The molecule has 0 aliphatic heterocycles. The lowest BCUT2D eigenvalue weighted by Gasteiger charge is -2.35. The van der Waals surface area contributed by atoms with E-state index in [0.29, 0.717) is 28.9 Å². The Kier molecular flexibility index (Phi) is 7.52. The molecule has 192 valence electrons. The van der Waals surface area contributed by atoms with Gasteiger partial charge in [-0.05, 0) is 58.1 Å². The first-order valence-corrected chi connectivity index (χ1v) is 12.4. The predicted molar refractivity (Wildman–Crippen MR) is 139 cm³/mol. The van der Waals surface area contributed by atoms with Crippen LogP contribution in [0.25, 0.3) is 10.9 Å². The molecule has 1 aliphatic carbocycles. The van der Waals surface area contributed by atoms with Gasteiger partial charge in [0.1, 0.15) is 5.60 Å². The van der Waals surface area contributed by atoms with Crippen LogP contribution in [0.1, 0.15) is 52.0 Å². The molecule has 1 heterocycles. The van der Waals surface area contributed by atoms with Gasteiger partial charge in [-0.3, -0.25) is 9.36 Å². The lowest BCUT2D eigenvalue weighted by atomic mass is 9.92. The fraction of sp³-hybridized carbons (Fsp3) is 0.464. The third-order valence-corrected chi connectivity index (χ3v) is 6.47. The Morgan fingerprint density at radius 1 is 1.08 bits per heavy atom. The van der Waals surface area contributed by atoms with E-state index in [-0.39, 0.29) is 23.8 Å². The van der Waals surface area contributed by atoms with Crippen molar-refractivity contribution in [2.75, 3.05) is 14.2 Å². The van der Waals surface area contributed by atoms with Crippen molar-refractivity contribution in [3.05, 3.63) is 64.7 Å². The molecule has 0 bridgehead atoms. The van der Waals surface area contributed by atoms with Crippen LogP contribution in [0.3, 0.4) is 0 Å². The molecule has 1 fully saturated rings. The fourth-order valence-corrected chi connectivity index (χ4v) is 4.52. The van der Waals surface area contributed by atoms with Crippen molar-refractivity contribution in [2.45, 2.75) is 70.7 Å². The number of nitrogens with zero attached hydrogens (tertiary/aromatic N) is 3. The first-order valence-electron chi connectivity index (χ1n) is 12.4. The molecule has 1 saturated carbocycles. The van der Waals surface area contributed by atoms with Gasteiger partial charge in [0.05, 0.1) is 37.0 Å². The second-order valence-electron chi connectivity index (χ2n) is 10.3. The highest BCUT2D eigenvalue weighted by molar-refractivity contribution is 5.81. The zero-order valence-electron chi connectivity index (χ0n) is 21.7. The second-order valence-corrected chi connectivity index (χ2v) is 10.3. The van der Waals surface area contributed by atoms with Gasteiger partial charge in [0.15, 0.2) is 11.5 Å². The lowest BCUT2D eigenvalue weighted by Crippen LogP contribution is -2.43. The van der Waals surface area contributed by atoms with Gasteiger partial charge in [0.2, 0.25) is 0 Å². The molecule has 0 atom stereocenters. The number of aromatic nitrogens is 2. The van der Waals surface area contributed by atoms with Crippen molar-refractivity contribution in [1.82, 2.24) is 14.5 Å². The third-order valence-electron chi connectivity index (χ3n) is 6.47. The van der Waals surface area contributed by atoms with E-state index in [1.807, 2.05) is 51.1 Å². The highest BCUT2D eigenvalue weighted by Crippen LogP contribution is 2.34. The van der Waals surface area contributed by atoms with Crippen LogP contribution in [0.2, 0.25) is 0 Å². The van der Waals surface area contributed by atoms with Crippen LogP contribution in [0, 0.1) is 0 Å². The number of rotatable bonds is 6. The maximum absolute atomic E-state index is 13.2. The summed E-state index contributed by atoms with van der Waals surface area (Å²) < 4.78 is 19.0. The van der Waals surface area contributed by atoms with Gasteiger partial charge in [0.25, 0.3) is 5.56 Å². The number of benzene rings is 2. The molecule has 1 aromatic heterocycles. The largest absolute Gasteiger partial charge is 0.493 e. The van der Waals surface area contributed by atoms with E-state index in [2.05, 4.69) is 4.98 Å². The van der Waals surface area contributed by atoms with E-state index < -0.39 is 5.60 Å². The van der Waals surface area contributed by atoms with Crippen molar-refractivity contribution in [1.29, 1.82) is 0 Å². The molecule has 8 nitrogen and oxygen atoms in total. The van der Waals surface area contributed by atoms with Gasteiger partial charge in [-0.2, -0.15) is 0 Å². The number of methoxy groups -OCH3 is 1. The van der Waals surface area contributed by atoms with Gasteiger partial charge in [0, 0.05) is 19.2 Å². The van der Waals surface area contributed by atoms with Crippen LogP contribution >= 0.6 is 0 Å². The Balaban J connectivity index is 1.48.